The number of aryl methyl sites for hydroxylation is 1. The number of nitrogens with one attached hydrogen (secondary N) is 1. The lowest BCUT2D eigenvalue weighted by atomic mass is 9.99. The van der Waals surface area contributed by atoms with Crippen LogP contribution in [0.1, 0.15) is 34.8 Å². The fraction of sp³-hybridized carbons (Fsp3) is 0.244. The molecular formula is C41H41FN4O4S. The number of carbonyl (C=O) groups is 3. The van der Waals surface area contributed by atoms with Crippen molar-refractivity contribution in [2.45, 2.75) is 37.1 Å². The van der Waals surface area contributed by atoms with Gasteiger partial charge in [0.25, 0.3) is 5.91 Å². The summed E-state index contributed by atoms with van der Waals surface area (Å²) in [7, 11) is 1.92. The number of rotatable bonds is 12. The molecule has 0 saturated carbocycles. The van der Waals surface area contributed by atoms with Crippen LogP contribution in [0, 0.1) is 11.7 Å². The number of carboxylic acid groups (broad SMARTS) is 1. The summed E-state index contributed by atoms with van der Waals surface area (Å²) in [4.78, 5) is 46.4. The first-order chi connectivity index (χ1) is 24.7. The topological polar surface area (TPSA) is 112 Å². The minimum absolute atomic E-state index is 0.0972. The van der Waals surface area contributed by atoms with Crippen LogP contribution in [-0.4, -0.2) is 70.6 Å². The highest BCUT2D eigenvalue weighted by Crippen LogP contribution is 2.29. The number of nitrogens with zero attached hydrogens (tertiary/aromatic N) is 3. The number of carboxylic acids is 1. The molecule has 1 fully saturated rings. The Balaban J connectivity index is 0.000000556. The molecule has 262 valence electrons. The number of aromatic nitrogens is 2. The summed E-state index contributed by atoms with van der Waals surface area (Å²) in [6.45, 7) is 3.59. The highest BCUT2D eigenvalue weighted by Gasteiger charge is 2.29. The van der Waals surface area contributed by atoms with Crippen LogP contribution in [0.2, 0.25) is 0 Å². The van der Waals surface area contributed by atoms with Gasteiger partial charge in [0.2, 0.25) is 0 Å². The van der Waals surface area contributed by atoms with Crippen LogP contribution < -0.4 is 5.32 Å². The number of hydrogen-bond donors (Lipinski definition) is 2. The number of amides is 1. The molecule has 0 radical (unpaired) electrons. The van der Waals surface area contributed by atoms with Gasteiger partial charge < -0.3 is 20.1 Å². The van der Waals surface area contributed by atoms with Gasteiger partial charge in [0.15, 0.2) is 5.82 Å². The molecule has 6 rings (SSSR count). The summed E-state index contributed by atoms with van der Waals surface area (Å²) in [5.74, 6) is -0.872. The summed E-state index contributed by atoms with van der Waals surface area (Å²) < 4.78 is 15.1. The Morgan fingerprint density at radius 1 is 0.902 bits per heavy atom. The van der Waals surface area contributed by atoms with Gasteiger partial charge in [0.05, 0.1) is 12.0 Å². The Labute approximate surface area is 302 Å². The molecule has 0 spiro atoms. The number of benzene rings is 4. The van der Waals surface area contributed by atoms with E-state index < -0.39 is 12.0 Å². The molecule has 5 aromatic rings. The van der Waals surface area contributed by atoms with Gasteiger partial charge in [0.1, 0.15) is 12.1 Å². The zero-order valence-corrected chi connectivity index (χ0v) is 29.7. The summed E-state index contributed by atoms with van der Waals surface area (Å²) >= 11 is 1.60. The molecular weight excluding hydrogens is 664 g/mol. The fourth-order valence-corrected chi connectivity index (χ4v) is 6.13. The van der Waals surface area contributed by atoms with Gasteiger partial charge in [-0.15, -0.1) is 11.8 Å². The molecule has 1 aliphatic heterocycles. The molecule has 1 aromatic heterocycles. The first-order valence-electron chi connectivity index (χ1n) is 16.8. The number of carbonyl (C=O) groups excluding carboxylic acids is 2. The standard InChI is InChI=1S/C36H32FN3O2S.C5H9NO2/c1-3-4-24-5-9-26(10-6-24)29-15-18-33(34(37)20-29)30-21-38-35(39-22-30)27-11-7-25(8-12-27)19-31(23-41)40-36(42)28-13-16-32(43-2)17-14-28;1-6-2-4(3-6)5(7)8/h5-18,20-23,31H,3-4,19H2,1-2H3,(H,40,42);4H,2-3H2,1H3,(H,7,8). The maximum Gasteiger partial charge on any atom is 0.309 e. The van der Waals surface area contributed by atoms with E-state index in [0.717, 1.165) is 59.4 Å². The maximum absolute atomic E-state index is 15.1. The van der Waals surface area contributed by atoms with E-state index >= 15 is 4.39 Å². The van der Waals surface area contributed by atoms with Crippen molar-refractivity contribution in [2.24, 2.45) is 5.92 Å². The van der Waals surface area contributed by atoms with Crippen molar-refractivity contribution in [1.82, 2.24) is 20.2 Å². The Morgan fingerprint density at radius 2 is 1.51 bits per heavy atom. The Hall–Kier alpha value is -5.19. The molecule has 8 nitrogen and oxygen atoms in total. The second-order valence-corrected chi connectivity index (χ2v) is 13.4. The summed E-state index contributed by atoms with van der Waals surface area (Å²) in [6, 6.07) is 27.6. The molecule has 2 N–H and O–H groups in total. The van der Waals surface area contributed by atoms with E-state index in [1.807, 2.05) is 72.8 Å². The van der Waals surface area contributed by atoms with Crippen LogP contribution in [0.25, 0.3) is 33.6 Å². The monoisotopic (exact) mass is 704 g/mol. The van der Waals surface area contributed by atoms with Gasteiger partial charge in [-0.3, -0.25) is 9.59 Å². The number of likely N-dealkylation sites (tertiary alicyclic amines) is 1. The van der Waals surface area contributed by atoms with Crippen molar-refractivity contribution >= 4 is 29.9 Å². The molecule has 10 heteroatoms. The average molecular weight is 705 g/mol. The lowest BCUT2D eigenvalue weighted by molar-refractivity contribution is -0.146. The van der Waals surface area contributed by atoms with Crippen molar-refractivity contribution in [3.05, 3.63) is 126 Å². The van der Waals surface area contributed by atoms with Gasteiger partial charge in [0, 0.05) is 52.6 Å². The van der Waals surface area contributed by atoms with E-state index in [9.17, 15) is 14.4 Å². The molecule has 1 aliphatic rings. The minimum Gasteiger partial charge on any atom is -0.481 e. The van der Waals surface area contributed by atoms with Crippen LogP contribution in [0.3, 0.4) is 0 Å². The number of hydrogen-bond acceptors (Lipinski definition) is 7. The summed E-state index contributed by atoms with van der Waals surface area (Å²) in [5, 5.41) is 11.1. The third-order valence-corrected chi connectivity index (χ3v) is 9.42. The van der Waals surface area contributed by atoms with E-state index in [4.69, 9.17) is 5.11 Å². The Morgan fingerprint density at radius 3 is 2.04 bits per heavy atom. The van der Waals surface area contributed by atoms with Crippen LogP contribution >= 0.6 is 11.8 Å². The molecule has 1 atom stereocenters. The van der Waals surface area contributed by atoms with Gasteiger partial charge in [-0.05, 0) is 78.7 Å². The Kier molecular flexibility index (Phi) is 12.8. The van der Waals surface area contributed by atoms with Crippen molar-refractivity contribution in [2.75, 3.05) is 26.4 Å². The third-order valence-electron chi connectivity index (χ3n) is 8.67. The highest BCUT2D eigenvalue weighted by atomic mass is 32.2. The van der Waals surface area contributed by atoms with Gasteiger partial charge in [-0.25, -0.2) is 14.4 Å². The molecule has 0 bridgehead atoms. The smallest absolute Gasteiger partial charge is 0.309 e. The zero-order chi connectivity index (χ0) is 36.3. The van der Waals surface area contributed by atoms with E-state index in [1.165, 1.54) is 5.56 Å². The van der Waals surface area contributed by atoms with Gasteiger partial charge in [-0.1, -0.05) is 74.0 Å². The number of thioether (sulfide) groups is 1. The second-order valence-electron chi connectivity index (χ2n) is 12.5. The number of aldehydes is 1. The van der Waals surface area contributed by atoms with Crippen LogP contribution in [-0.2, 0) is 22.4 Å². The highest BCUT2D eigenvalue weighted by molar-refractivity contribution is 7.98. The van der Waals surface area contributed by atoms with Crippen LogP contribution in [0.4, 0.5) is 4.39 Å². The van der Waals surface area contributed by atoms with E-state index in [1.54, 1.807) is 48.4 Å². The number of aliphatic carboxylic acids is 1. The molecule has 1 amide bonds. The largest absolute Gasteiger partial charge is 0.481 e. The van der Waals surface area contributed by atoms with Crippen molar-refractivity contribution in [3.8, 4) is 33.6 Å². The SMILES string of the molecule is CCCc1ccc(-c2ccc(-c3cnc(-c4ccc(CC(C=O)NC(=O)c5ccc(SC)cc5)cc4)nc3)c(F)c2)cc1.CN1CC(C(=O)O)C1. The second kappa shape index (κ2) is 17.6. The van der Waals surface area contributed by atoms with Gasteiger partial charge in [-0.2, -0.15) is 0 Å². The quantitative estimate of drug-likeness (QED) is 0.102. The predicted octanol–water partition coefficient (Wildman–Crippen LogP) is 7.46. The minimum atomic E-state index is -0.664. The average Bonchev–Trinajstić information content (AvgIpc) is 3.14. The van der Waals surface area contributed by atoms with E-state index in [2.05, 4.69) is 34.3 Å². The normalized spacial score (nSPS) is 13.3. The van der Waals surface area contributed by atoms with Crippen molar-refractivity contribution in [3.63, 3.8) is 0 Å². The first-order valence-corrected chi connectivity index (χ1v) is 18.0. The van der Waals surface area contributed by atoms with E-state index in [0.29, 0.717) is 28.9 Å². The molecule has 1 saturated heterocycles. The summed E-state index contributed by atoms with van der Waals surface area (Å²) in [5.41, 5.74) is 6.29. The third kappa shape index (κ3) is 9.96. The van der Waals surface area contributed by atoms with Crippen LogP contribution in [0.5, 0.6) is 0 Å². The Bertz CT molecular complexity index is 1930. The fourth-order valence-electron chi connectivity index (χ4n) is 5.72. The summed E-state index contributed by atoms with van der Waals surface area (Å²) in [6.07, 6.45) is 8.44. The van der Waals surface area contributed by atoms with E-state index in [-0.39, 0.29) is 17.6 Å². The van der Waals surface area contributed by atoms with Gasteiger partial charge >= 0.3 is 5.97 Å². The molecule has 2 heterocycles. The number of halogens is 1. The molecule has 1 unspecified atom stereocenters. The lowest BCUT2D eigenvalue weighted by Gasteiger charge is -2.32. The first kappa shape index (κ1) is 37.1. The molecule has 51 heavy (non-hydrogen) atoms. The molecule has 0 aliphatic carbocycles. The lowest BCUT2D eigenvalue weighted by Crippen LogP contribution is -2.47. The van der Waals surface area contributed by atoms with Crippen LogP contribution in [0.15, 0.2) is 108 Å². The van der Waals surface area contributed by atoms with Crippen molar-refractivity contribution < 1.29 is 23.9 Å². The molecule has 4 aromatic carbocycles. The zero-order valence-electron chi connectivity index (χ0n) is 28.9. The predicted molar refractivity (Wildman–Crippen MR) is 200 cm³/mol. The maximum atomic E-state index is 15.1. The van der Waals surface area contributed by atoms with Crippen molar-refractivity contribution in [1.29, 1.82) is 0 Å².